The summed E-state index contributed by atoms with van der Waals surface area (Å²) in [5.74, 6) is 0.654. The lowest BCUT2D eigenvalue weighted by molar-refractivity contribution is -0.131. The summed E-state index contributed by atoms with van der Waals surface area (Å²) in [6.45, 7) is 0.758. The van der Waals surface area contributed by atoms with Crippen molar-refractivity contribution in [1.29, 1.82) is 5.26 Å². The van der Waals surface area contributed by atoms with Crippen molar-refractivity contribution in [2.75, 3.05) is 12.3 Å². The van der Waals surface area contributed by atoms with E-state index in [1.54, 1.807) is 29.4 Å². The summed E-state index contributed by atoms with van der Waals surface area (Å²) in [6.07, 6.45) is 2.13. The second kappa shape index (κ2) is 7.15. The van der Waals surface area contributed by atoms with Gasteiger partial charge in [0.25, 0.3) is 0 Å². The standard InChI is InChI=1S/C16H17N3O2/c17-7-3-8-19(12-15-6-2-9-21-15)16(20)11-13-4-1-5-14(18)10-13/h1-2,4-6,9-10H,3,8,11-12,18H2. The summed E-state index contributed by atoms with van der Waals surface area (Å²) in [5, 5.41) is 8.72. The largest absolute Gasteiger partial charge is 0.467 e. The molecule has 1 amide bonds. The first-order valence-corrected chi connectivity index (χ1v) is 6.70. The van der Waals surface area contributed by atoms with Gasteiger partial charge in [-0.15, -0.1) is 0 Å². The molecular formula is C16H17N3O2. The molecule has 1 heterocycles. The molecule has 21 heavy (non-hydrogen) atoms. The highest BCUT2D eigenvalue weighted by atomic mass is 16.3. The lowest BCUT2D eigenvalue weighted by atomic mass is 10.1. The molecular weight excluding hydrogens is 266 g/mol. The van der Waals surface area contributed by atoms with Gasteiger partial charge in [0.1, 0.15) is 5.76 Å². The van der Waals surface area contributed by atoms with Crippen LogP contribution in [0, 0.1) is 11.3 Å². The molecule has 0 aliphatic rings. The van der Waals surface area contributed by atoms with E-state index in [0.717, 1.165) is 5.56 Å². The maximum atomic E-state index is 12.4. The first kappa shape index (κ1) is 14.7. The number of nitrogens with two attached hydrogens (primary N) is 1. The number of hydrogen-bond donors (Lipinski definition) is 1. The van der Waals surface area contributed by atoms with E-state index in [0.29, 0.717) is 31.0 Å². The maximum absolute atomic E-state index is 12.4. The second-order valence-electron chi connectivity index (χ2n) is 4.72. The van der Waals surface area contributed by atoms with E-state index in [9.17, 15) is 4.79 Å². The number of nitrogens with zero attached hydrogens (tertiary/aromatic N) is 2. The van der Waals surface area contributed by atoms with Gasteiger partial charge in [0.2, 0.25) is 5.91 Å². The Hall–Kier alpha value is -2.74. The van der Waals surface area contributed by atoms with Crippen LogP contribution in [0.4, 0.5) is 5.69 Å². The van der Waals surface area contributed by atoms with E-state index in [1.807, 2.05) is 18.2 Å². The molecule has 1 aromatic carbocycles. The molecule has 2 N–H and O–H groups in total. The molecule has 0 spiro atoms. The highest BCUT2D eigenvalue weighted by Gasteiger charge is 2.15. The third-order valence-electron chi connectivity index (χ3n) is 3.08. The van der Waals surface area contributed by atoms with E-state index < -0.39 is 0 Å². The van der Waals surface area contributed by atoms with Crippen LogP contribution in [-0.2, 0) is 17.8 Å². The average molecular weight is 283 g/mol. The van der Waals surface area contributed by atoms with Gasteiger partial charge < -0.3 is 15.1 Å². The van der Waals surface area contributed by atoms with Crippen molar-refractivity contribution < 1.29 is 9.21 Å². The van der Waals surface area contributed by atoms with Crippen LogP contribution in [0.15, 0.2) is 47.1 Å². The minimum Gasteiger partial charge on any atom is -0.467 e. The van der Waals surface area contributed by atoms with E-state index in [2.05, 4.69) is 6.07 Å². The fourth-order valence-corrected chi connectivity index (χ4v) is 2.06. The molecule has 0 saturated heterocycles. The molecule has 0 aliphatic carbocycles. The number of amides is 1. The fraction of sp³-hybridized carbons (Fsp3) is 0.250. The quantitative estimate of drug-likeness (QED) is 0.825. The van der Waals surface area contributed by atoms with Crippen molar-refractivity contribution in [2.45, 2.75) is 19.4 Å². The van der Waals surface area contributed by atoms with Gasteiger partial charge in [0.05, 0.1) is 31.7 Å². The molecule has 108 valence electrons. The zero-order valence-corrected chi connectivity index (χ0v) is 11.7. The summed E-state index contributed by atoms with van der Waals surface area (Å²) < 4.78 is 5.27. The van der Waals surface area contributed by atoms with Crippen LogP contribution in [-0.4, -0.2) is 17.4 Å². The van der Waals surface area contributed by atoms with E-state index in [-0.39, 0.29) is 12.3 Å². The topological polar surface area (TPSA) is 83.3 Å². The Balaban J connectivity index is 2.04. The Morgan fingerprint density at radius 2 is 2.19 bits per heavy atom. The number of furan rings is 1. The minimum absolute atomic E-state index is 0.0488. The number of carbonyl (C=O) groups excluding carboxylic acids is 1. The van der Waals surface area contributed by atoms with Gasteiger partial charge in [-0.25, -0.2) is 0 Å². The molecule has 0 saturated carbocycles. The number of nitriles is 1. The third kappa shape index (κ3) is 4.39. The summed E-state index contributed by atoms with van der Waals surface area (Å²) in [4.78, 5) is 14.0. The van der Waals surface area contributed by atoms with E-state index in [1.165, 1.54) is 0 Å². The minimum atomic E-state index is -0.0488. The lowest BCUT2D eigenvalue weighted by Gasteiger charge is -2.20. The monoisotopic (exact) mass is 283 g/mol. The number of carbonyl (C=O) groups is 1. The molecule has 2 rings (SSSR count). The van der Waals surface area contributed by atoms with Crippen LogP contribution in [0.1, 0.15) is 17.7 Å². The average Bonchev–Trinajstić information content (AvgIpc) is 2.96. The molecule has 0 bridgehead atoms. The van der Waals surface area contributed by atoms with Gasteiger partial charge in [-0.1, -0.05) is 12.1 Å². The van der Waals surface area contributed by atoms with Crippen molar-refractivity contribution in [3.8, 4) is 6.07 Å². The molecule has 1 aromatic heterocycles. The SMILES string of the molecule is N#CCCN(Cc1ccco1)C(=O)Cc1cccc(N)c1. The Morgan fingerprint density at radius 1 is 1.33 bits per heavy atom. The smallest absolute Gasteiger partial charge is 0.227 e. The Morgan fingerprint density at radius 3 is 2.86 bits per heavy atom. The van der Waals surface area contributed by atoms with Gasteiger partial charge in [-0.05, 0) is 29.8 Å². The highest BCUT2D eigenvalue weighted by molar-refractivity contribution is 5.79. The van der Waals surface area contributed by atoms with Crippen LogP contribution < -0.4 is 5.73 Å². The number of anilines is 1. The second-order valence-corrected chi connectivity index (χ2v) is 4.72. The van der Waals surface area contributed by atoms with Crippen molar-refractivity contribution in [3.05, 3.63) is 54.0 Å². The van der Waals surface area contributed by atoms with Crippen LogP contribution in [0.2, 0.25) is 0 Å². The van der Waals surface area contributed by atoms with Crippen molar-refractivity contribution >= 4 is 11.6 Å². The molecule has 0 radical (unpaired) electrons. The number of benzene rings is 1. The predicted molar refractivity (Wildman–Crippen MR) is 78.9 cm³/mol. The van der Waals surface area contributed by atoms with Crippen molar-refractivity contribution in [1.82, 2.24) is 4.90 Å². The highest BCUT2D eigenvalue weighted by Crippen LogP contribution is 2.11. The first-order chi connectivity index (χ1) is 10.2. The zero-order valence-electron chi connectivity index (χ0n) is 11.7. The predicted octanol–water partition coefficient (Wildman–Crippen LogP) is 2.35. The van der Waals surface area contributed by atoms with Gasteiger partial charge in [-0.3, -0.25) is 4.79 Å². The number of hydrogen-bond acceptors (Lipinski definition) is 4. The lowest BCUT2D eigenvalue weighted by Crippen LogP contribution is -2.32. The maximum Gasteiger partial charge on any atom is 0.227 e. The van der Waals surface area contributed by atoms with Crippen molar-refractivity contribution in [3.63, 3.8) is 0 Å². The Kier molecular flexibility index (Phi) is 4.99. The molecule has 5 nitrogen and oxygen atoms in total. The normalized spacial score (nSPS) is 10.0. The van der Waals surface area contributed by atoms with Crippen molar-refractivity contribution in [2.24, 2.45) is 0 Å². The summed E-state index contributed by atoms with van der Waals surface area (Å²) >= 11 is 0. The molecule has 0 fully saturated rings. The molecule has 0 aliphatic heterocycles. The zero-order chi connectivity index (χ0) is 15.1. The van der Waals surface area contributed by atoms with E-state index in [4.69, 9.17) is 15.4 Å². The van der Waals surface area contributed by atoms with E-state index >= 15 is 0 Å². The fourth-order valence-electron chi connectivity index (χ4n) is 2.06. The van der Waals surface area contributed by atoms with Crippen LogP contribution in [0.3, 0.4) is 0 Å². The van der Waals surface area contributed by atoms with Gasteiger partial charge in [-0.2, -0.15) is 5.26 Å². The molecule has 2 aromatic rings. The summed E-state index contributed by atoms with van der Waals surface area (Å²) in [5.41, 5.74) is 7.21. The van der Waals surface area contributed by atoms with Crippen LogP contribution in [0.25, 0.3) is 0 Å². The molecule has 0 unspecified atom stereocenters. The number of nitrogen functional groups attached to an aromatic ring is 1. The van der Waals surface area contributed by atoms with Gasteiger partial charge in [0, 0.05) is 12.2 Å². The molecule has 0 atom stereocenters. The van der Waals surface area contributed by atoms with Gasteiger partial charge >= 0.3 is 0 Å². The Bertz CT molecular complexity index is 629. The van der Waals surface area contributed by atoms with Crippen LogP contribution >= 0.6 is 0 Å². The number of rotatable bonds is 6. The summed E-state index contributed by atoms with van der Waals surface area (Å²) in [7, 11) is 0. The Labute approximate surface area is 123 Å². The first-order valence-electron chi connectivity index (χ1n) is 6.70. The molecule has 5 heteroatoms. The third-order valence-corrected chi connectivity index (χ3v) is 3.08. The van der Waals surface area contributed by atoms with Gasteiger partial charge in [0.15, 0.2) is 0 Å². The summed E-state index contributed by atoms with van der Waals surface area (Å²) in [6, 6.07) is 12.9. The van der Waals surface area contributed by atoms with Crippen LogP contribution in [0.5, 0.6) is 0 Å².